The van der Waals surface area contributed by atoms with Gasteiger partial charge in [0.1, 0.15) is 0 Å². The zero-order chi connectivity index (χ0) is 24.7. The van der Waals surface area contributed by atoms with Crippen molar-refractivity contribution in [2.24, 2.45) is 17.0 Å². The number of halogens is 1. The molecule has 0 aliphatic carbocycles. The van der Waals surface area contributed by atoms with Gasteiger partial charge in [0, 0.05) is 54.2 Å². The molecular formula is C26H24ClN3O4S. The van der Waals surface area contributed by atoms with Gasteiger partial charge in [-0.05, 0) is 59.7 Å². The number of nitrogens with two attached hydrogens (primary N) is 1. The number of likely N-dealkylation sites (tertiary alicyclic amines) is 2. The van der Waals surface area contributed by atoms with Gasteiger partial charge in [-0.1, -0.05) is 35.9 Å². The Morgan fingerprint density at radius 3 is 1.46 bits per heavy atom. The number of sulfonamides is 1. The molecule has 0 spiro atoms. The predicted octanol–water partition coefficient (Wildman–Crippen LogP) is 3.50. The zero-order valence-corrected chi connectivity index (χ0v) is 20.4. The molecule has 0 radical (unpaired) electrons. The summed E-state index contributed by atoms with van der Waals surface area (Å²) >= 11 is 5.96. The third-order valence-electron chi connectivity index (χ3n) is 6.80. The molecule has 2 saturated heterocycles. The normalized spacial score (nSPS) is 19.6. The van der Waals surface area contributed by atoms with Gasteiger partial charge >= 0.3 is 0 Å². The van der Waals surface area contributed by atoms with Crippen LogP contribution in [0, 0.1) is 11.8 Å². The highest BCUT2D eigenvalue weighted by Gasteiger charge is 2.43. The van der Waals surface area contributed by atoms with Crippen molar-refractivity contribution in [2.75, 3.05) is 26.2 Å². The Hall–Kier alpha value is -3.20. The Bertz CT molecular complexity index is 1360. The van der Waals surface area contributed by atoms with E-state index in [1.54, 1.807) is 4.90 Å². The van der Waals surface area contributed by atoms with E-state index in [0.717, 1.165) is 11.1 Å². The van der Waals surface area contributed by atoms with Crippen molar-refractivity contribution in [1.29, 1.82) is 0 Å². The van der Waals surface area contributed by atoms with Gasteiger partial charge in [0.15, 0.2) is 0 Å². The van der Waals surface area contributed by atoms with Crippen LogP contribution >= 0.6 is 11.6 Å². The first-order chi connectivity index (χ1) is 16.7. The minimum absolute atomic E-state index is 0.00137. The van der Waals surface area contributed by atoms with Crippen LogP contribution < -0.4 is 5.14 Å². The molecule has 35 heavy (non-hydrogen) atoms. The van der Waals surface area contributed by atoms with E-state index >= 15 is 0 Å². The minimum atomic E-state index is -3.80. The number of nitrogens with zero attached hydrogens (tertiary/aromatic N) is 2. The Labute approximate surface area is 209 Å². The molecule has 0 aromatic heterocycles. The fraction of sp³-hybridized carbons (Fsp3) is 0.231. The molecule has 2 amide bonds. The second kappa shape index (κ2) is 9.11. The van der Waals surface area contributed by atoms with Crippen LogP contribution in [-0.4, -0.2) is 56.2 Å². The number of hydrogen-bond acceptors (Lipinski definition) is 4. The second-order valence-corrected chi connectivity index (χ2v) is 11.1. The molecule has 2 aliphatic heterocycles. The lowest BCUT2D eigenvalue weighted by atomic mass is 10.0. The van der Waals surface area contributed by atoms with Gasteiger partial charge in [0.25, 0.3) is 11.8 Å². The number of amides is 2. The Morgan fingerprint density at radius 1 is 0.686 bits per heavy atom. The van der Waals surface area contributed by atoms with Crippen LogP contribution in [0.15, 0.2) is 77.7 Å². The van der Waals surface area contributed by atoms with Crippen molar-refractivity contribution in [1.82, 2.24) is 9.80 Å². The second-order valence-electron chi connectivity index (χ2n) is 9.09. The summed E-state index contributed by atoms with van der Waals surface area (Å²) in [6, 6.07) is 20.8. The molecule has 0 unspecified atom stereocenters. The Kier molecular flexibility index (Phi) is 6.13. The molecule has 9 heteroatoms. The lowest BCUT2D eigenvalue weighted by Crippen LogP contribution is -2.35. The molecule has 2 heterocycles. The smallest absolute Gasteiger partial charge is 0.253 e. The third kappa shape index (κ3) is 4.82. The molecule has 7 nitrogen and oxygen atoms in total. The average molecular weight is 510 g/mol. The van der Waals surface area contributed by atoms with Crippen molar-refractivity contribution < 1.29 is 18.0 Å². The van der Waals surface area contributed by atoms with Crippen LogP contribution in [0.1, 0.15) is 20.7 Å². The monoisotopic (exact) mass is 509 g/mol. The molecular weight excluding hydrogens is 486 g/mol. The van der Waals surface area contributed by atoms with Crippen LogP contribution in [0.4, 0.5) is 0 Å². The number of primary sulfonamides is 1. The van der Waals surface area contributed by atoms with E-state index in [4.69, 9.17) is 16.7 Å². The molecule has 2 fully saturated rings. The predicted molar refractivity (Wildman–Crippen MR) is 133 cm³/mol. The number of hydrogen-bond donors (Lipinski definition) is 1. The quantitative estimate of drug-likeness (QED) is 0.581. The molecule has 3 aromatic carbocycles. The first-order valence-electron chi connectivity index (χ1n) is 11.3. The van der Waals surface area contributed by atoms with E-state index in [1.165, 1.54) is 24.3 Å². The van der Waals surface area contributed by atoms with Crippen LogP contribution in [0.2, 0.25) is 5.02 Å². The number of rotatable bonds is 4. The van der Waals surface area contributed by atoms with Crippen molar-refractivity contribution >= 4 is 33.4 Å². The summed E-state index contributed by atoms with van der Waals surface area (Å²) in [7, 11) is -3.80. The molecule has 0 bridgehead atoms. The maximum atomic E-state index is 13.1. The van der Waals surface area contributed by atoms with E-state index in [0.29, 0.717) is 42.3 Å². The fourth-order valence-electron chi connectivity index (χ4n) is 4.92. The number of fused-ring (bicyclic) bond motifs is 1. The van der Waals surface area contributed by atoms with E-state index in [2.05, 4.69) is 0 Å². The van der Waals surface area contributed by atoms with Crippen molar-refractivity contribution in [3.8, 4) is 11.1 Å². The van der Waals surface area contributed by atoms with Crippen molar-refractivity contribution in [2.45, 2.75) is 4.90 Å². The summed E-state index contributed by atoms with van der Waals surface area (Å²) in [5.74, 6) is 0.300. The number of benzene rings is 3. The van der Waals surface area contributed by atoms with Gasteiger partial charge in [-0.3, -0.25) is 9.59 Å². The molecule has 5 rings (SSSR count). The highest BCUT2D eigenvalue weighted by atomic mass is 35.5. The van der Waals surface area contributed by atoms with E-state index in [1.807, 2.05) is 53.4 Å². The zero-order valence-electron chi connectivity index (χ0n) is 18.8. The highest BCUT2D eigenvalue weighted by Crippen LogP contribution is 2.33. The maximum Gasteiger partial charge on any atom is 0.253 e. The summed E-state index contributed by atoms with van der Waals surface area (Å²) in [5, 5.41) is 5.81. The van der Waals surface area contributed by atoms with Crippen molar-refractivity contribution in [3.63, 3.8) is 0 Å². The van der Waals surface area contributed by atoms with E-state index in [9.17, 15) is 18.0 Å². The highest BCUT2D eigenvalue weighted by molar-refractivity contribution is 7.89. The van der Waals surface area contributed by atoms with Gasteiger partial charge in [0.05, 0.1) is 4.90 Å². The summed E-state index contributed by atoms with van der Waals surface area (Å²) < 4.78 is 22.9. The van der Waals surface area contributed by atoms with Crippen LogP contribution in [0.25, 0.3) is 11.1 Å². The van der Waals surface area contributed by atoms with Gasteiger partial charge in [0.2, 0.25) is 10.0 Å². The average Bonchev–Trinajstić information content (AvgIpc) is 3.43. The number of carbonyl (C=O) groups excluding carboxylic acids is 2. The maximum absolute atomic E-state index is 13.1. The lowest BCUT2D eigenvalue weighted by molar-refractivity contribution is 0.0738. The summed E-state index contributed by atoms with van der Waals surface area (Å²) in [5.41, 5.74) is 3.12. The SMILES string of the molecule is NS(=O)(=O)c1ccc(C(=O)N2C[C@H]3CN(C(=O)c4ccc(-c5ccc(Cl)cc5)cc4)C[C@H]3C2)cc1. The first-order valence-corrected chi connectivity index (χ1v) is 13.2. The van der Waals surface area contributed by atoms with Crippen molar-refractivity contribution in [3.05, 3.63) is 88.9 Å². The van der Waals surface area contributed by atoms with Gasteiger partial charge in [-0.2, -0.15) is 0 Å². The van der Waals surface area contributed by atoms with E-state index in [-0.39, 0.29) is 28.5 Å². The molecule has 2 N–H and O–H groups in total. The lowest BCUT2D eigenvalue weighted by Gasteiger charge is -2.22. The largest absolute Gasteiger partial charge is 0.338 e. The molecule has 0 saturated carbocycles. The molecule has 3 aromatic rings. The topological polar surface area (TPSA) is 101 Å². The Balaban J connectivity index is 1.20. The number of carbonyl (C=O) groups is 2. The minimum Gasteiger partial charge on any atom is -0.338 e. The molecule has 2 aliphatic rings. The van der Waals surface area contributed by atoms with Gasteiger partial charge in [-0.25, -0.2) is 13.6 Å². The molecule has 180 valence electrons. The molecule has 2 atom stereocenters. The standard InChI is InChI=1S/C26H24ClN3O4S/c27-23-9-5-18(6-10-23)17-1-3-19(4-2-17)25(31)29-13-21-15-30(16-22(21)14-29)26(32)20-7-11-24(12-8-20)35(28,33)34/h1-12,21-22H,13-16H2,(H2,28,33,34)/t21-,22+. The Morgan fingerprint density at radius 2 is 1.06 bits per heavy atom. The summed E-state index contributed by atoms with van der Waals surface area (Å²) in [4.78, 5) is 29.6. The van der Waals surface area contributed by atoms with Crippen LogP contribution in [-0.2, 0) is 10.0 Å². The first kappa shape index (κ1) is 23.5. The fourth-order valence-corrected chi connectivity index (χ4v) is 5.57. The van der Waals surface area contributed by atoms with Gasteiger partial charge in [-0.15, -0.1) is 0 Å². The van der Waals surface area contributed by atoms with Gasteiger partial charge < -0.3 is 9.80 Å². The van der Waals surface area contributed by atoms with Crippen LogP contribution in [0.5, 0.6) is 0 Å². The summed E-state index contributed by atoms with van der Waals surface area (Å²) in [6.45, 7) is 2.35. The van der Waals surface area contributed by atoms with E-state index < -0.39 is 10.0 Å². The van der Waals surface area contributed by atoms with Crippen LogP contribution in [0.3, 0.4) is 0 Å². The third-order valence-corrected chi connectivity index (χ3v) is 7.98. The summed E-state index contributed by atoms with van der Waals surface area (Å²) in [6.07, 6.45) is 0.